The first-order chi connectivity index (χ1) is 15.1. The molecule has 164 valence electrons. The van der Waals surface area contributed by atoms with E-state index in [9.17, 15) is 9.18 Å². The quantitative estimate of drug-likeness (QED) is 0.564. The van der Waals surface area contributed by atoms with E-state index in [1.165, 1.54) is 12.1 Å². The van der Waals surface area contributed by atoms with Gasteiger partial charge in [-0.3, -0.25) is 4.99 Å². The van der Waals surface area contributed by atoms with E-state index in [0.717, 1.165) is 63.0 Å². The van der Waals surface area contributed by atoms with Crippen LogP contribution in [0.2, 0.25) is 0 Å². The Morgan fingerprint density at radius 1 is 1.10 bits per heavy atom. The van der Waals surface area contributed by atoms with E-state index in [-0.39, 0.29) is 17.5 Å². The number of hydrogen-bond acceptors (Lipinski definition) is 4. The van der Waals surface area contributed by atoms with Crippen LogP contribution in [0.5, 0.6) is 0 Å². The van der Waals surface area contributed by atoms with Crippen molar-refractivity contribution < 1.29 is 19.0 Å². The van der Waals surface area contributed by atoms with Gasteiger partial charge in [0.1, 0.15) is 5.82 Å². The van der Waals surface area contributed by atoms with Crippen molar-refractivity contribution in [1.82, 2.24) is 4.90 Å². The second kappa shape index (κ2) is 9.78. The van der Waals surface area contributed by atoms with Crippen LogP contribution in [0.1, 0.15) is 23.2 Å². The summed E-state index contributed by atoms with van der Waals surface area (Å²) in [6, 6.07) is 13.2. The fraction of sp³-hybridized carbons (Fsp3) is 0.391. The van der Waals surface area contributed by atoms with Gasteiger partial charge in [0.15, 0.2) is 5.96 Å². The molecule has 0 aliphatic carbocycles. The lowest BCUT2D eigenvalue weighted by Crippen LogP contribution is -2.51. The van der Waals surface area contributed by atoms with Crippen LogP contribution in [0.3, 0.4) is 0 Å². The van der Waals surface area contributed by atoms with Gasteiger partial charge in [0.05, 0.1) is 18.2 Å². The van der Waals surface area contributed by atoms with Crippen molar-refractivity contribution >= 4 is 23.3 Å². The Morgan fingerprint density at radius 3 is 2.42 bits per heavy atom. The first-order valence-corrected chi connectivity index (χ1v) is 10.6. The minimum Gasteiger partial charge on any atom is -0.478 e. The van der Waals surface area contributed by atoms with Gasteiger partial charge in [-0.25, -0.2) is 9.18 Å². The van der Waals surface area contributed by atoms with E-state index < -0.39 is 5.97 Å². The number of carboxylic acid groups (broad SMARTS) is 1. The minimum absolute atomic E-state index is 0.145. The van der Waals surface area contributed by atoms with Crippen molar-refractivity contribution in [1.29, 1.82) is 0 Å². The molecule has 2 saturated heterocycles. The number of carboxylic acids is 1. The monoisotopic (exact) mass is 426 g/mol. The Morgan fingerprint density at radius 2 is 1.81 bits per heavy atom. The number of aliphatic imine (C=N–C) groups is 1. The maximum absolute atomic E-state index is 13.2. The predicted molar refractivity (Wildman–Crippen MR) is 118 cm³/mol. The van der Waals surface area contributed by atoms with Gasteiger partial charge in [-0.1, -0.05) is 0 Å². The normalized spacial score (nSPS) is 19.5. The van der Waals surface area contributed by atoms with Crippen LogP contribution in [-0.4, -0.2) is 67.4 Å². The molecular weight excluding hydrogens is 399 g/mol. The van der Waals surface area contributed by atoms with Gasteiger partial charge in [-0.15, -0.1) is 0 Å². The summed E-state index contributed by atoms with van der Waals surface area (Å²) in [5.41, 5.74) is 2.05. The number of benzene rings is 2. The number of ether oxygens (including phenoxy) is 1. The van der Waals surface area contributed by atoms with Crippen LogP contribution < -0.4 is 10.2 Å². The molecule has 1 unspecified atom stereocenters. The molecule has 0 radical (unpaired) electrons. The van der Waals surface area contributed by atoms with Crippen LogP contribution in [0, 0.1) is 5.82 Å². The Labute approximate surface area is 181 Å². The van der Waals surface area contributed by atoms with Gasteiger partial charge in [0.2, 0.25) is 0 Å². The lowest BCUT2D eigenvalue weighted by molar-refractivity contribution is 0.0697. The molecule has 2 aliphatic heterocycles. The molecule has 2 aromatic rings. The van der Waals surface area contributed by atoms with Crippen LogP contribution in [0.4, 0.5) is 15.8 Å². The fourth-order valence-corrected chi connectivity index (χ4v) is 3.85. The molecule has 0 bridgehead atoms. The van der Waals surface area contributed by atoms with Gasteiger partial charge in [-0.05, 0) is 61.4 Å². The Hall–Kier alpha value is -3.13. The standard InChI is InChI=1S/C23H27FN4O3/c24-18-5-9-20(10-6-18)27-11-13-28(14-12-27)23(25-16-21-2-1-15-31-21)26-19-7-3-17(4-8-19)22(29)30/h3-10,21H,1-2,11-16H2,(H,25,26)(H,29,30). The molecule has 1 atom stereocenters. The zero-order valence-electron chi connectivity index (χ0n) is 17.3. The summed E-state index contributed by atoms with van der Waals surface area (Å²) in [7, 11) is 0. The largest absolute Gasteiger partial charge is 0.478 e. The van der Waals surface area contributed by atoms with Crippen molar-refractivity contribution in [2.45, 2.75) is 18.9 Å². The summed E-state index contributed by atoms with van der Waals surface area (Å²) in [4.78, 5) is 20.3. The smallest absolute Gasteiger partial charge is 0.335 e. The number of hydrogen-bond donors (Lipinski definition) is 2. The number of aromatic carboxylic acids is 1. The number of anilines is 2. The summed E-state index contributed by atoms with van der Waals surface area (Å²) < 4.78 is 18.9. The number of rotatable bonds is 5. The SMILES string of the molecule is O=C(O)c1ccc(NC(=NCC2CCCO2)N2CCN(c3ccc(F)cc3)CC2)cc1. The second-order valence-corrected chi connectivity index (χ2v) is 7.76. The predicted octanol–water partition coefficient (Wildman–Crippen LogP) is 3.29. The molecule has 2 N–H and O–H groups in total. The van der Waals surface area contributed by atoms with Gasteiger partial charge in [0.25, 0.3) is 0 Å². The van der Waals surface area contributed by atoms with E-state index in [1.807, 2.05) is 0 Å². The van der Waals surface area contributed by atoms with Crippen molar-refractivity contribution in [3.8, 4) is 0 Å². The molecule has 2 aromatic carbocycles. The average Bonchev–Trinajstić information content (AvgIpc) is 3.31. The molecule has 4 rings (SSSR count). The lowest BCUT2D eigenvalue weighted by atomic mass is 10.2. The minimum atomic E-state index is -0.948. The number of nitrogens with one attached hydrogen (secondary N) is 1. The summed E-state index contributed by atoms with van der Waals surface area (Å²) in [5.74, 6) is -0.419. The van der Waals surface area contributed by atoms with Gasteiger partial charge in [0, 0.05) is 44.2 Å². The fourth-order valence-electron chi connectivity index (χ4n) is 3.85. The summed E-state index contributed by atoms with van der Waals surface area (Å²) in [5, 5.41) is 12.5. The summed E-state index contributed by atoms with van der Waals surface area (Å²) >= 11 is 0. The molecule has 0 amide bonds. The molecule has 7 nitrogen and oxygen atoms in total. The molecule has 2 aliphatic rings. The average molecular weight is 426 g/mol. The molecule has 31 heavy (non-hydrogen) atoms. The lowest BCUT2D eigenvalue weighted by Gasteiger charge is -2.38. The van der Waals surface area contributed by atoms with E-state index in [0.29, 0.717) is 6.54 Å². The zero-order valence-corrected chi connectivity index (χ0v) is 17.3. The highest BCUT2D eigenvalue weighted by Crippen LogP contribution is 2.19. The van der Waals surface area contributed by atoms with Crippen molar-refractivity contribution in [2.24, 2.45) is 4.99 Å². The van der Waals surface area contributed by atoms with Crippen LogP contribution in [0.25, 0.3) is 0 Å². The van der Waals surface area contributed by atoms with Crippen LogP contribution in [0.15, 0.2) is 53.5 Å². The molecule has 2 fully saturated rings. The van der Waals surface area contributed by atoms with Crippen LogP contribution in [-0.2, 0) is 4.74 Å². The van der Waals surface area contributed by atoms with Gasteiger partial charge < -0.3 is 25.0 Å². The maximum Gasteiger partial charge on any atom is 0.335 e. The number of piperazine rings is 1. The van der Waals surface area contributed by atoms with E-state index in [1.54, 1.807) is 36.4 Å². The summed E-state index contributed by atoms with van der Waals surface area (Å²) in [6.07, 6.45) is 2.23. The highest BCUT2D eigenvalue weighted by atomic mass is 19.1. The molecular formula is C23H27FN4O3. The zero-order chi connectivity index (χ0) is 21.6. The van der Waals surface area contributed by atoms with E-state index in [2.05, 4.69) is 15.1 Å². The van der Waals surface area contributed by atoms with Gasteiger partial charge >= 0.3 is 5.97 Å². The number of halogens is 1. The summed E-state index contributed by atoms with van der Waals surface area (Å²) in [6.45, 7) is 4.50. The molecule has 8 heteroatoms. The highest BCUT2D eigenvalue weighted by molar-refractivity contribution is 5.95. The Kier molecular flexibility index (Phi) is 6.66. The number of carbonyl (C=O) groups is 1. The Balaban J connectivity index is 1.44. The van der Waals surface area contributed by atoms with Crippen molar-refractivity contribution in [3.05, 3.63) is 59.9 Å². The van der Waals surface area contributed by atoms with Crippen molar-refractivity contribution in [3.63, 3.8) is 0 Å². The maximum atomic E-state index is 13.2. The number of guanidine groups is 1. The van der Waals surface area contributed by atoms with E-state index in [4.69, 9.17) is 14.8 Å². The van der Waals surface area contributed by atoms with E-state index >= 15 is 0 Å². The molecule has 0 aromatic heterocycles. The number of nitrogens with zero attached hydrogens (tertiary/aromatic N) is 3. The first-order valence-electron chi connectivity index (χ1n) is 10.6. The van der Waals surface area contributed by atoms with Crippen LogP contribution >= 0.6 is 0 Å². The molecule has 0 spiro atoms. The molecule has 0 saturated carbocycles. The third-order valence-electron chi connectivity index (χ3n) is 5.63. The topological polar surface area (TPSA) is 77.4 Å². The highest BCUT2D eigenvalue weighted by Gasteiger charge is 2.22. The Bertz CT molecular complexity index is 903. The molecule has 2 heterocycles. The van der Waals surface area contributed by atoms with Crippen molar-refractivity contribution in [2.75, 3.05) is 49.5 Å². The third kappa shape index (κ3) is 5.52. The van der Waals surface area contributed by atoms with Gasteiger partial charge in [-0.2, -0.15) is 0 Å². The first kappa shape index (κ1) is 21.1. The second-order valence-electron chi connectivity index (χ2n) is 7.76. The third-order valence-corrected chi connectivity index (χ3v) is 5.63.